The maximum absolute atomic E-state index is 3.84. The van der Waals surface area contributed by atoms with Crippen LogP contribution in [0.4, 0.5) is 0 Å². The average molecular weight is 174 g/mol. The maximum atomic E-state index is 3.84. The molecule has 66 valence electrons. The number of hydrogen-bond donors (Lipinski definition) is 0. The van der Waals surface area contributed by atoms with Gasteiger partial charge in [-0.3, -0.25) is 0 Å². The van der Waals surface area contributed by atoms with Gasteiger partial charge < -0.3 is 0 Å². The van der Waals surface area contributed by atoms with Crippen LogP contribution in [-0.2, 0) is 0 Å². The van der Waals surface area contributed by atoms with E-state index in [-0.39, 0.29) is 0 Å². The smallest absolute Gasteiger partial charge is 0.143 e. The van der Waals surface area contributed by atoms with Crippen molar-refractivity contribution in [3.05, 3.63) is 35.7 Å². The van der Waals surface area contributed by atoms with Crippen molar-refractivity contribution in [1.29, 1.82) is 0 Å². The molecule has 4 heteroatoms. The predicted molar refractivity (Wildman–Crippen MR) is 48.6 cm³/mol. The molecule has 1 aromatic carbocycles. The fourth-order valence-corrected chi connectivity index (χ4v) is 1.24. The van der Waals surface area contributed by atoms with E-state index in [0.29, 0.717) is 0 Å². The van der Waals surface area contributed by atoms with Crippen LogP contribution in [0.2, 0.25) is 0 Å². The standard InChI is InChI=1S/C9H10N4/c1-7-3-4-8(2)9(5-7)13-6-10-11-12-13/h3-6H,1-2H3. The summed E-state index contributed by atoms with van der Waals surface area (Å²) in [4.78, 5) is 0. The second kappa shape index (κ2) is 2.97. The van der Waals surface area contributed by atoms with Crippen molar-refractivity contribution < 1.29 is 0 Å². The Balaban J connectivity index is 2.57. The van der Waals surface area contributed by atoms with Crippen LogP contribution < -0.4 is 0 Å². The highest BCUT2D eigenvalue weighted by Gasteiger charge is 2.01. The van der Waals surface area contributed by atoms with Crippen molar-refractivity contribution in [2.45, 2.75) is 13.8 Å². The first-order chi connectivity index (χ1) is 6.27. The zero-order chi connectivity index (χ0) is 9.26. The Kier molecular flexibility index (Phi) is 1.81. The summed E-state index contributed by atoms with van der Waals surface area (Å²) < 4.78 is 1.67. The Bertz CT molecular complexity index is 406. The van der Waals surface area contributed by atoms with E-state index in [2.05, 4.69) is 33.7 Å². The first kappa shape index (κ1) is 7.91. The van der Waals surface area contributed by atoms with Crippen molar-refractivity contribution >= 4 is 0 Å². The lowest BCUT2D eigenvalue weighted by atomic mass is 10.1. The summed E-state index contributed by atoms with van der Waals surface area (Å²) in [5, 5.41) is 11.0. The summed E-state index contributed by atoms with van der Waals surface area (Å²) in [5.74, 6) is 0. The summed E-state index contributed by atoms with van der Waals surface area (Å²) in [6.07, 6.45) is 1.60. The molecule has 1 aromatic heterocycles. The van der Waals surface area contributed by atoms with Gasteiger partial charge in [-0.2, -0.15) is 0 Å². The topological polar surface area (TPSA) is 43.6 Å². The van der Waals surface area contributed by atoms with Gasteiger partial charge in [-0.15, -0.1) is 5.10 Å². The van der Waals surface area contributed by atoms with E-state index in [0.717, 1.165) is 11.3 Å². The third-order valence-electron chi connectivity index (χ3n) is 1.96. The SMILES string of the molecule is Cc1ccc(C)c(-n2cnnn2)c1. The van der Waals surface area contributed by atoms with Gasteiger partial charge in [0.25, 0.3) is 0 Å². The number of hydrogen-bond acceptors (Lipinski definition) is 3. The molecule has 2 rings (SSSR count). The average Bonchev–Trinajstić information content (AvgIpc) is 2.61. The summed E-state index contributed by atoms with van der Waals surface area (Å²) in [6.45, 7) is 4.09. The fraction of sp³-hybridized carbons (Fsp3) is 0.222. The van der Waals surface area contributed by atoms with Gasteiger partial charge in [0, 0.05) is 0 Å². The first-order valence-corrected chi connectivity index (χ1v) is 4.08. The van der Waals surface area contributed by atoms with Gasteiger partial charge in [0.05, 0.1) is 5.69 Å². The van der Waals surface area contributed by atoms with Crippen LogP contribution in [0.3, 0.4) is 0 Å². The van der Waals surface area contributed by atoms with Crippen molar-refractivity contribution in [3.8, 4) is 5.69 Å². The largest absolute Gasteiger partial charge is 0.200 e. The monoisotopic (exact) mass is 174 g/mol. The molecule has 0 saturated heterocycles. The molecule has 0 radical (unpaired) electrons. The molecular weight excluding hydrogens is 164 g/mol. The Morgan fingerprint density at radius 2 is 2.08 bits per heavy atom. The lowest BCUT2D eigenvalue weighted by Gasteiger charge is -2.04. The zero-order valence-electron chi connectivity index (χ0n) is 7.60. The van der Waals surface area contributed by atoms with E-state index in [1.165, 1.54) is 5.56 Å². The molecule has 2 aromatic rings. The predicted octanol–water partition coefficient (Wildman–Crippen LogP) is 1.28. The Morgan fingerprint density at radius 1 is 1.23 bits per heavy atom. The van der Waals surface area contributed by atoms with Crippen LogP contribution in [0.1, 0.15) is 11.1 Å². The highest BCUT2D eigenvalue weighted by atomic mass is 15.5. The van der Waals surface area contributed by atoms with Crippen molar-refractivity contribution in [3.63, 3.8) is 0 Å². The summed E-state index contributed by atoms with van der Waals surface area (Å²) in [5.41, 5.74) is 3.40. The van der Waals surface area contributed by atoms with Crippen LogP contribution in [0.25, 0.3) is 5.69 Å². The quantitative estimate of drug-likeness (QED) is 0.654. The number of benzene rings is 1. The summed E-state index contributed by atoms with van der Waals surface area (Å²) in [6, 6.07) is 6.20. The molecule has 0 N–H and O–H groups in total. The van der Waals surface area contributed by atoms with Crippen molar-refractivity contribution in [2.75, 3.05) is 0 Å². The molecule has 0 aliphatic heterocycles. The lowest BCUT2D eigenvalue weighted by Crippen LogP contribution is -1.98. The molecule has 0 saturated carbocycles. The molecule has 0 aliphatic rings. The molecular formula is C9H10N4. The van der Waals surface area contributed by atoms with Crippen LogP contribution in [0.15, 0.2) is 24.5 Å². The number of nitrogens with zero attached hydrogens (tertiary/aromatic N) is 4. The Labute approximate surface area is 76.2 Å². The van der Waals surface area contributed by atoms with Gasteiger partial charge in [0.1, 0.15) is 6.33 Å². The van der Waals surface area contributed by atoms with Crippen molar-refractivity contribution in [1.82, 2.24) is 20.2 Å². The summed E-state index contributed by atoms with van der Waals surface area (Å²) >= 11 is 0. The lowest BCUT2D eigenvalue weighted by molar-refractivity contribution is 0.784. The van der Waals surface area contributed by atoms with Gasteiger partial charge in [-0.25, -0.2) is 4.68 Å². The normalized spacial score (nSPS) is 10.3. The third kappa shape index (κ3) is 1.42. The molecule has 0 unspecified atom stereocenters. The molecule has 1 heterocycles. The second-order valence-electron chi connectivity index (χ2n) is 3.04. The molecule has 0 spiro atoms. The Hall–Kier alpha value is -1.71. The van der Waals surface area contributed by atoms with E-state index in [1.54, 1.807) is 11.0 Å². The molecule has 4 nitrogen and oxygen atoms in total. The van der Waals surface area contributed by atoms with Crippen molar-refractivity contribution in [2.24, 2.45) is 0 Å². The van der Waals surface area contributed by atoms with Gasteiger partial charge >= 0.3 is 0 Å². The van der Waals surface area contributed by atoms with E-state index in [4.69, 9.17) is 0 Å². The fourth-order valence-electron chi connectivity index (χ4n) is 1.24. The van der Waals surface area contributed by atoms with Gasteiger partial charge in [-0.05, 0) is 41.5 Å². The van der Waals surface area contributed by atoms with Crippen LogP contribution >= 0.6 is 0 Å². The Morgan fingerprint density at radius 3 is 2.77 bits per heavy atom. The number of rotatable bonds is 1. The number of aromatic nitrogens is 4. The third-order valence-corrected chi connectivity index (χ3v) is 1.96. The van der Waals surface area contributed by atoms with E-state index in [9.17, 15) is 0 Å². The minimum Gasteiger partial charge on any atom is -0.200 e. The van der Waals surface area contributed by atoms with Crippen LogP contribution in [0.5, 0.6) is 0 Å². The van der Waals surface area contributed by atoms with Crippen LogP contribution in [0, 0.1) is 13.8 Å². The van der Waals surface area contributed by atoms with E-state index in [1.807, 2.05) is 13.8 Å². The number of aryl methyl sites for hydroxylation is 2. The maximum Gasteiger partial charge on any atom is 0.143 e. The first-order valence-electron chi connectivity index (χ1n) is 4.08. The minimum absolute atomic E-state index is 1.03. The highest BCUT2D eigenvalue weighted by molar-refractivity contribution is 5.41. The van der Waals surface area contributed by atoms with Gasteiger partial charge in [0.15, 0.2) is 0 Å². The van der Waals surface area contributed by atoms with Crippen LogP contribution in [-0.4, -0.2) is 20.2 Å². The van der Waals surface area contributed by atoms with Gasteiger partial charge in [0.2, 0.25) is 0 Å². The minimum atomic E-state index is 1.03. The molecule has 0 aliphatic carbocycles. The molecule has 0 amide bonds. The highest BCUT2D eigenvalue weighted by Crippen LogP contribution is 2.13. The molecule has 0 fully saturated rings. The van der Waals surface area contributed by atoms with E-state index >= 15 is 0 Å². The molecule has 0 atom stereocenters. The molecule has 0 bridgehead atoms. The van der Waals surface area contributed by atoms with Gasteiger partial charge in [-0.1, -0.05) is 12.1 Å². The second-order valence-corrected chi connectivity index (χ2v) is 3.04. The molecule has 13 heavy (non-hydrogen) atoms. The number of tetrazole rings is 1. The summed E-state index contributed by atoms with van der Waals surface area (Å²) in [7, 11) is 0. The zero-order valence-corrected chi connectivity index (χ0v) is 7.60. The van der Waals surface area contributed by atoms with E-state index < -0.39 is 0 Å².